The molecule has 0 spiro atoms. The first kappa shape index (κ1) is 12.8. The van der Waals surface area contributed by atoms with Gasteiger partial charge in [-0.2, -0.15) is 16.3 Å². The van der Waals surface area contributed by atoms with E-state index >= 15 is 0 Å². The van der Waals surface area contributed by atoms with Crippen LogP contribution < -0.4 is 10.1 Å². The van der Waals surface area contributed by atoms with E-state index in [0.29, 0.717) is 18.4 Å². The highest BCUT2D eigenvalue weighted by Crippen LogP contribution is 2.12. The summed E-state index contributed by atoms with van der Waals surface area (Å²) in [5.41, 5.74) is 2.25. The Hall–Kier alpha value is -1.62. The summed E-state index contributed by atoms with van der Waals surface area (Å²) in [6.45, 7) is 5.33. The smallest absolute Gasteiger partial charge is 0.226 e. The normalized spacial score (nSPS) is 10.3. The molecule has 0 amide bonds. The topological polar surface area (TPSA) is 47.0 Å². The highest BCUT2D eigenvalue weighted by Gasteiger charge is 2.02. The summed E-state index contributed by atoms with van der Waals surface area (Å²) >= 11 is 1.72. The van der Waals surface area contributed by atoms with Crippen LogP contribution in [-0.4, -0.2) is 23.1 Å². The molecule has 0 bridgehead atoms. The van der Waals surface area contributed by atoms with Crippen molar-refractivity contribution >= 4 is 17.3 Å². The Morgan fingerprint density at radius 2 is 2.28 bits per heavy atom. The predicted octanol–water partition coefficient (Wildman–Crippen LogP) is 2.90. The molecule has 0 radical (unpaired) electrons. The first-order valence-electron chi connectivity index (χ1n) is 6.01. The second-order valence-corrected chi connectivity index (χ2v) is 4.69. The fraction of sp³-hybridized carbons (Fsp3) is 0.385. The van der Waals surface area contributed by atoms with Crippen LogP contribution in [0.25, 0.3) is 0 Å². The van der Waals surface area contributed by atoms with Gasteiger partial charge in [0.05, 0.1) is 6.61 Å². The quantitative estimate of drug-likeness (QED) is 0.870. The molecule has 0 fully saturated rings. The second kappa shape index (κ2) is 6.35. The summed E-state index contributed by atoms with van der Waals surface area (Å²) in [7, 11) is 0. The van der Waals surface area contributed by atoms with Crippen LogP contribution >= 0.6 is 11.3 Å². The molecule has 5 heteroatoms. The average molecular weight is 263 g/mol. The summed E-state index contributed by atoms with van der Waals surface area (Å²) in [6, 6.07) is 3.97. The molecule has 96 valence electrons. The minimum Gasteiger partial charge on any atom is -0.478 e. The van der Waals surface area contributed by atoms with Gasteiger partial charge in [0.2, 0.25) is 11.8 Å². The standard InChI is InChI=1S/C13H17N3OS/c1-3-17-12-8-10(2)15-13(16-12)14-6-4-11-5-7-18-9-11/h5,7-9H,3-4,6H2,1-2H3,(H,14,15,16). The third kappa shape index (κ3) is 3.70. The minimum atomic E-state index is 0.616. The molecule has 0 unspecified atom stereocenters. The Balaban J connectivity index is 1.92. The van der Waals surface area contributed by atoms with Crippen LogP contribution in [-0.2, 0) is 6.42 Å². The highest BCUT2D eigenvalue weighted by molar-refractivity contribution is 7.07. The lowest BCUT2D eigenvalue weighted by Crippen LogP contribution is -2.09. The number of hydrogen-bond donors (Lipinski definition) is 1. The lowest BCUT2D eigenvalue weighted by Gasteiger charge is -2.07. The van der Waals surface area contributed by atoms with Gasteiger partial charge in [-0.1, -0.05) is 0 Å². The number of ether oxygens (including phenoxy) is 1. The van der Waals surface area contributed by atoms with E-state index in [4.69, 9.17) is 4.74 Å². The van der Waals surface area contributed by atoms with Gasteiger partial charge in [-0.15, -0.1) is 0 Å². The molecule has 4 nitrogen and oxygen atoms in total. The average Bonchev–Trinajstić information content (AvgIpc) is 2.82. The molecule has 0 aromatic carbocycles. The van der Waals surface area contributed by atoms with Crippen LogP contribution in [0.3, 0.4) is 0 Å². The number of nitrogens with zero attached hydrogens (tertiary/aromatic N) is 2. The Labute approximate surface area is 111 Å². The number of hydrogen-bond acceptors (Lipinski definition) is 5. The Morgan fingerprint density at radius 3 is 3.00 bits per heavy atom. The molecule has 18 heavy (non-hydrogen) atoms. The van der Waals surface area contributed by atoms with Crippen LogP contribution in [0, 0.1) is 6.92 Å². The van der Waals surface area contributed by atoms with Crippen molar-refractivity contribution in [1.29, 1.82) is 0 Å². The number of rotatable bonds is 6. The van der Waals surface area contributed by atoms with Gasteiger partial charge in [0.1, 0.15) is 0 Å². The van der Waals surface area contributed by atoms with Gasteiger partial charge in [0.15, 0.2) is 0 Å². The largest absolute Gasteiger partial charge is 0.478 e. The maximum atomic E-state index is 5.39. The van der Waals surface area contributed by atoms with Crippen molar-refractivity contribution in [1.82, 2.24) is 9.97 Å². The zero-order chi connectivity index (χ0) is 12.8. The van der Waals surface area contributed by atoms with Gasteiger partial charge in [-0.05, 0) is 42.7 Å². The zero-order valence-electron chi connectivity index (χ0n) is 10.6. The number of anilines is 1. The first-order chi connectivity index (χ1) is 8.78. The lowest BCUT2D eigenvalue weighted by atomic mass is 10.2. The van der Waals surface area contributed by atoms with Crippen LogP contribution in [0.2, 0.25) is 0 Å². The van der Waals surface area contributed by atoms with E-state index in [1.807, 2.05) is 19.9 Å². The molecule has 0 aliphatic carbocycles. The molecule has 2 aromatic heterocycles. The molecule has 0 aliphatic heterocycles. The minimum absolute atomic E-state index is 0.616. The third-order valence-corrected chi connectivity index (χ3v) is 3.13. The van der Waals surface area contributed by atoms with E-state index in [1.165, 1.54) is 5.56 Å². The van der Waals surface area contributed by atoms with E-state index in [9.17, 15) is 0 Å². The first-order valence-corrected chi connectivity index (χ1v) is 6.95. The summed E-state index contributed by atoms with van der Waals surface area (Å²) in [4.78, 5) is 8.64. The highest BCUT2D eigenvalue weighted by atomic mass is 32.1. The van der Waals surface area contributed by atoms with Crippen molar-refractivity contribution in [2.45, 2.75) is 20.3 Å². The molecule has 0 saturated carbocycles. The zero-order valence-corrected chi connectivity index (χ0v) is 11.5. The van der Waals surface area contributed by atoms with Crippen LogP contribution in [0.15, 0.2) is 22.9 Å². The summed E-state index contributed by atoms with van der Waals surface area (Å²) in [5, 5.41) is 7.47. The van der Waals surface area contributed by atoms with Crippen molar-refractivity contribution < 1.29 is 4.74 Å². The van der Waals surface area contributed by atoms with Crippen LogP contribution in [0.4, 0.5) is 5.95 Å². The van der Waals surface area contributed by atoms with Crippen LogP contribution in [0.1, 0.15) is 18.2 Å². The van der Waals surface area contributed by atoms with Gasteiger partial charge < -0.3 is 10.1 Å². The SMILES string of the molecule is CCOc1cc(C)nc(NCCc2ccsc2)n1. The maximum absolute atomic E-state index is 5.39. The summed E-state index contributed by atoms with van der Waals surface area (Å²) in [6.07, 6.45) is 0.977. The van der Waals surface area contributed by atoms with E-state index in [-0.39, 0.29) is 0 Å². The molecule has 2 heterocycles. The number of thiophene rings is 1. The van der Waals surface area contributed by atoms with Gasteiger partial charge in [0.25, 0.3) is 0 Å². The van der Waals surface area contributed by atoms with Crippen molar-refractivity contribution in [2.24, 2.45) is 0 Å². The molecular formula is C13H17N3OS. The molecule has 1 N–H and O–H groups in total. The van der Waals surface area contributed by atoms with Crippen molar-refractivity contribution in [3.63, 3.8) is 0 Å². The third-order valence-electron chi connectivity index (χ3n) is 2.40. The predicted molar refractivity (Wildman–Crippen MR) is 74.5 cm³/mol. The Kier molecular flexibility index (Phi) is 4.52. The Bertz CT molecular complexity index is 485. The number of aryl methyl sites for hydroxylation is 1. The molecule has 0 aliphatic rings. The van der Waals surface area contributed by atoms with Gasteiger partial charge in [-0.25, -0.2) is 4.98 Å². The van der Waals surface area contributed by atoms with E-state index in [0.717, 1.165) is 18.7 Å². The van der Waals surface area contributed by atoms with Crippen molar-refractivity contribution in [2.75, 3.05) is 18.5 Å². The molecule has 0 atom stereocenters. The summed E-state index contributed by atoms with van der Waals surface area (Å²) in [5.74, 6) is 1.26. The van der Waals surface area contributed by atoms with E-state index in [1.54, 1.807) is 11.3 Å². The van der Waals surface area contributed by atoms with Crippen molar-refractivity contribution in [3.05, 3.63) is 34.2 Å². The van der Waals surface area contributed by atoms with Gasteiger partial charge >= 0.3 is 0 Å². The Morgan fingerprint density at radius 1 is 1.39 bits per heavy atom. The molecule has 2 rings (SSSR count). The summed E-state index contributed by atoms with van der Waals surface area (Å²) < 4.78 is 5.39. The lowest BCUT2D eigenvalue weighted by molar-refractivity contribution is 0.326. The fourth-order valence-corrected chi connectivity index (χ4v) is 2.30. The van der Waals surface area contributed by atoms with Gasteiger partial charge in [-0.3, -0.25) is 0 Å². The number of aromatic nitrogens is 2. The van der Waals surface area contributed by atoms with Crippen molar-refractivity contribution in [3.8, 4) is 5.88 Å². The fourth-order valence-electron chi connectivity index (χ4n) is 1.59. The number of nitrogens with one attached hydrogen (secondary N) is 1. The van der Waals surface area contributed by atoms with Gasteiger partial charge in [0, 0.05) is 18.3 Å². The molecule has 0 saturated heterocycles. The van der Waals surface area contributed by atoms with Crippen LogP contribution in [0.5, 0.6) is 5.88 Å². The van der Waals surface area contributed by atoms with E-state index < -0.39 is 0 Å². The second-order valence-electron chi connectivity index (χ2n) is 3.91. The maximum Gasteiger partial charge on any atom is 0.226 e. The monoisotopic (exact) mass is 263 g/mol. The molecular weight excluding hydrogens is 246 g/mol. The molecule has 2 aromatic rings. The van der Waals surface area contributed by atoms with E-state index in [2.05, 4.69) is 32.1 Å².